The Morgan fingerprint density at radius 2 is 1.76 bits per heavy atom. The summed E-state index contributed by atoms with van der Waals surface area (Å²) in [5.74, 6) is 0. The number of carbonyl (C=O) groups excluding carboxylic acids is 1. The van der Waals surface area contributed by atoms with E-state index in [1.165, 1.54) is 17.0 Å². The average Bonchev–Trinajstić information content (AvgIpc) is 3.15. The van der Waals surface area contributed by atoms with Crippen LogP contribution in [0.25, 0.3) is 5.69 Å². The van der Waals surface area contributed by atoms with Gasteiger partial charge in [-0.1, -0.05) is 23.7 Å². The second kappa shape index (κ2) is 8.57. The van der Waals surface area contributed by atoms with Crippen LogP contribution in [0.15, 0.2) is 60.9 Å². The van der Waals surface area contributed by atoms with Gasteiger partial charge >= 0.3 is 12.2 Å². The molecule has 0 atom stereocenters. The number of amides is 2. The summed E-state index contributed by atoms with van der Waals surface area (Å²) < 4.78 is 39.5. The van der Waals surface area contributed by atoms with Crippen LogP contribution in [0, 0.1) is 0 Å². The largest absolute Gasteiger partial charge is 0.416 e. The van der Waals surface area contributed by atoms with E-state index in [1.807, 2.05) is 12.1 Å². The van der Waals surface area contributed by atoms with Crippen molar-refractivity contribution in [1.29, 1.82) is 0 Å². The lowest BCUT2D eigenvalue weighted by molar-refractivity contribution is -0.137. The first kappa shape index (κ1) is 20.7. The van der Waals surface area contributed by atoms with Gasteiger partial charge in [0.2, 0.25) is 0 Å². The van der Waals surface area contributed by atoms with E-state index in [4.69, 9.17) is 11.6 Å². The summed E-state index contributed by atoms with van der Waals surface area (Å²) in [6, 6.07) is 11.6. The molecule has 0 aliphatic heterocycles. The Morgan fingerprint density at radius 1 is 1.10 bits per heavy atom. The number of urea groups is 1. The number of alkyl halides is 3. The first-order valence-corrected chi connectivity index (χ1v) is 9.05. The highest BCUT2D eigenvalue weighted by molar-refractivity contribution is 6.30. The number of rotatable bonds is 5. The molecular weight excluding hydrogens is 405 g/mol. The standard InChI is InChI=1S/C20H18ClF3N4O/c1-27(12-14-2-4-16(5-3-14)20(22,23)24)19(29)25-10-15-11-26-28(13-15)18-8-6-17(21)7-9-18/h2-9,11,13H,10,12H2,1H3,(H,25,29). The Labute approximate surface area is 170 Å². The molecule has 2 aromatic carbocycles. The average molecular weight is 423 g/mol. The molecule has 5 nitrogen and oxygen atoms in total. The number of aromatic nitrogens is 2. The Hall–Kier alpha value is -3.00. The number of carbonyl (C=O) groups is 1. The van der Waals surface area contributed by atoms with Crippen molar-refractivity contribution in [2.24, 2.45) is 0 Å². The number of nitrogens with zero attached hydrogens (tertiary/aromatic N) is 3. The Morgan fingerprint density at radius 3 is 2.38 bits per heavy atom. The third-order valence-electron chi connectivity index (χ3n) is 4.22. The molecule has 3 rings (SSSR count). The third kappa shape index (κ3) is 5.51. The topological polar surface area (TPSA) is 50.2 Å². The van der Waals surface area contributed by atoms with Gasteiger partial charge in [-0.25, -0.2) is 9.48 Å². The predicted octanol–water partition coefficient (Wildman–Crippen LogP) is 4.89. The fraction of sp³-hybridized carbons (Fsp3) is 0.200. The lowest BCUT2D eigenvalue weighted by atomic mass is 10.1. The summed E-state index contributed by atoms with van der Waals surface area (Å²) in [4.78, 5) is 13.6. The van der Waals surface area contributed by atoms with Crippen LogP contribution in [-0.4, -0.2) is 27.8 Å². The smallest absolute Gasteiger partial charge is 0.334 e. The van der Waals surface area contributed by atoms with Gasteiger partial charge in [0.15, 0.2) is 0 Å². The highest BCUT2D eigenvalue weighted by atomic mass is 35.5. The van der Waals surface area contributed by atoms with Gasteiger partial charge in [0.1, 0.15) is 0 Å². The van der Waals surface area contributed by atoms with Crippen molar-refractivity contribution in [2.45, 2.75) is 19.3 Å². The van der Waals surface area contributed by atoms with E-state index in [2.05, 4.69) is 10.4 Å². The van der Waals surface area contributed by atoms with Crippen LogP contribution >= 0.6 is 11.6 Å². The second-order valence-corrected chi connectivity index (χ2v) is 6.92. The molecule has 1 N–H and O–H groups in total. The van der Waals surface area contributed by atoms with Crippen molar-refractivity contribution >= 4 is 17.6 Å². The van der Waals surface area contributed by atoms with Crippen LogP contribution in [0.1, 0.15) is 16.7 Å². The Bertz CT molecular complexity index is 969. The molecule has 0 aliphatic rings. The monoisotopic (exact) mass is 422 g/mol. The molecule has 0 bridgehead atoms. The predicted molar refractivity (Wildman–Crippen MR) is 104 cm³/mol. The Kier molecular flexibility index (Phi) is 6.12. The first-order valence-electron chi connectivity index (χ1n) is 8.67. The van der Waals surface area contributed by atoms with Gasteiger partial charge in [-0.05, 0) is 42.0 Å². The fourth-order valence-electron chi connectivity index (χ4n) is 2.64. The molecule has 1 heterocycles. The molecule has 2 amide bonds. The van der Waals surface area contributed by atoms with Crippen LogP contribution in [0.3, 0.4) is 0 Å². The van der Waals surface area contributed by atoms with Crippen molar-refractivity contribution in [1.82, 2.24) is 20.0 Å². The number of hydrogen-bond donors (Lipinski definition) is 1. The van der Waals surface area contributed by atoms with Crippen LogP contribution in [0.4, 0.5) is 18.0 Å². The van der Waals surface area contributed by atoms with E-state index >= 15 is 0 Å². The van der Waals surface area contributed by atoms with Gasteiger partial charge in [-0.2, -0.15) is 18.3 Å². The van der Waals surface area contributed by atoms with E-state index < -0.39 is 11.7 Å². The molecule has 0 aliphatic carbocycles. The first-order chi connectivity index (χ1) is 13.7. The van der Waals surface area contributed by atoms with Gasteiger partial charge in [-0.3, -0.25) is 0 Å². The van der Waals surface area contributed by atoms with Gasteiger partial charge < -0.3 is 10.2 Å². The van der Waals surface area contributed by atoms with Crippen LogP contribution in [-0.2, 0) is 19.3 Å². The molecule has 0 saturated carbocycles. The van der Waals surface area contributed by atoms with E-state index in [-0.39, 0.29) is 19.1 Å². The zero-order valence-electron chi connectivity index (χ0n) is 15.4. The van der Waals surface area contributed by atoms with E-state index in [0.29, 0.717) is 10.6 Å². The summed E-state index contributed by atoms with van der Waals surface area (Å²) in [6.45, 7) is 0.456. The SMILES string of the molecule is CN(Cc1ccc(C(F)(F)F)cc1)C(=O)NCc1cnn(-c2ccc(Cl)cc2)c1. The van der Waals surface area contributed by atoms with Crippen molar-refractivity contribution in [3.8, 4) is 5.69 Å². The summed E-state index contributed by atoms with van der Waals surface area (Å²) in [5, 5.41) is 7.64. The van der Waals surface area contributed by atoms with E-state index in [9.17, 15) is 18.0 Å². The Balaban J connectivity index is 1.53. The summed E-state index contributed by atoms with van der Waals surface area (Å²) in [5.41, 5.74) is 1.53. The third-order valence-corrected chi connectivity index (χ3v) is 4.47. The van der Waals surface area contributed by atoms with Crippen molar-refractivity contribution in [3.05, 3.63) is 82.6 Å². The molecule has 0 unspecified atom stereocenters. The minimum absolute atomic E-state index is 0.188. The number of hydrogen-bond acceptors (Lipinski definition) is 2. The zero-order valence-corrected chi connectivity index (χ0v) is 16.2. The molecule has 9 heteroatoms. The van der Waals surface area contributed by atoms with Crippen molar-refractivity contribution in [3.63, 3.8) is 0 Å². The van der Waals surface area contributed by atoms with Gasteiger partial charge in [0.05, 0.1) is 17.4 Å². The molecule has 0 fully saturated rings. The zero-order chi connectivity index (χ0) is 21.0. The lowest BCUT2D eigenvalue weighted by Gasteiger charge is -2.18. The van der Waals surface area contributed by atoms with Crippen LogP contribution in [0.2, 0.25) is 5.02 Å². The molecule has 0 saturated heterocycles. The number of halogens is 4. The molecule has 3 aromatic rings. The highest BCUT2D eigenvalue weighted by Gasteiger charge is 2.29. The van der Waals surface area contributed by atoms with Gasteiger partial charge in [0, 0.05) is 36.9 Å². The van der Waals surface area contributed by atoms with E-state index in [0.717, 1.165) is 23.4 Å². The summed E-state index contributed by atoms with van der Waals surface area (Å²) in [7, 11) is 1.57. The van der Waals surface area contributed by atoms with Gasteiger partial charge in [-0.15, -0.1) is 0 Å². The maximum atomic E-state index is 12.6. The number of nitrogens with one attached hydrogen (secondary N) is 1. The van der Waals surface area contributed by atoms with Crippen molar-refractivity contribution in [2.75, 3.05) is 7.05 Å². The van der Waals surface area contributed by atoms with Crippen LogP contribution in [0.5, 0.6) is 0 Å². The normalized spacial score (nSPS) is 11.3. The number of benzene rings is 2. The highest BCUT2D eigenvalue weighted by Crippen LogP contribution is 2.29. The maximum absolute atomic E-state index is 12.6. The molecule has 0 spiro atoms. The molecular formula is C20H18ClF3N4O. The minimum Gasteiger partial charge on any atom is -0.334 e. The van der Waals surface area contributed by atoms with E-state index in [1.54, 1.807) is 36.3 Å². The van der Waals surface area contributed by atoms with Gasteiger partial charge in [0.25, 0.3) is 0 Å². The molecule has 29 heavy (non-hydrogen) atoms. The molecule has 152 valence electrons. The molecule has 0 radical (unpaired) electrons. The molecule has 1 aromatic heterocycles. The quantitative estimate of drug-likeness (QED) is 0.636. The minimum atomic E-state index is -4.38. The summed E-state index contributed by atoms with van der Waals surface area (Å²) >= 11 is 5.87. The lowest BCUT2D eigenvalue weighted by Crippen LogP contribution is -2.36. The fourth-order valence-corrected chi connectivity index (χ4v) is 2.77. The maximum Gasteiger partial charge on any atom is 0.416 e. The van der Waals surface area contributed by atoms with Crippen molar-refractivity contribution < 1.29 is 18.0 Å². The van der Waals surface area contributed by atoms with Crippen LogP contribution < -0.4 is 5.32 Å². The summed E-state index contributed by atoms with van der Waals surface area (Å²) in [6.07, 6.45) is -0.942. The second-order valence-electron chi connectivity index (χ2n) is 6.48.